The fourth-order valence-corrected chi connectivity index (χ4v) is 3.05. The molecule has 1 saturated heterocycles. The summed E-state index contributed by atoms with van der Waals surface area (Å²) >= 11 is 0. The Bertz CT molecular complexity index is 718. The lowest BCUT2D eigenvalue weighted by molar-refractivity contribution is -0.136. The highest BCUT2D eigenvalue weighted by atomic mass is 16.5. The number of benzene rings is 1. The highest BCUT2D eigenvalue weighted by Gasteiger charge is 2.28. The van der Waals surface area contributed by atoms with Gasteiger partial charge in [-0.3, -0.25) is 9.78 Å². The molecule has 0 aliphatic carbocycles. The number of ether oxygens (including phenoxy) is 2. The predicted octanol–water partition coefficient (Wildman–Crippen LogP) is 2.93. The maximum atomic E-state index is 12.1. The maximum Gasteiger partial charge on any atom is 0.248 e. The van der Waals surface area contributed by atoms with Gasteiger partial charge in [-0.25, -0.2) is 4.98 Å². The van der Waals surface area contributed by atoms with Crippen LogP contribution < -0.4 is 4.74 Å². The molecule has 6 heteroatoms. The summed E-state index contributed by atoms with van der Waals surface area (Å²) < 4.78 is 10.9. The summed E-state index contributed by atoms with van der Waals surface area (Å²) in [6.45, 7) is 3.52. The molecule has 1 amide bonds. The Morgan fingerprint density at radius 1 is 1.24 bits per heavy atom. The minimum Gasteiger partial charge on any atom is -0.437 e. The van der Waals surface area contributed by atoms with E-state index in [0.29, 0.717) is 12.4 Å². The normalized spacial score (nSPS) is 17.4. The number of methoxy groups -OCH3 is 1. The third-order valence-corrected chi connectivity index (χ3v) is 4.36. The van der Waals surface area contributed by atoms with E-state index in [1.807, 2.05) is 36.1 Å². The number of piperidine rings is 1. The van der Waals surface area contributed by atoms with Gasteiger partial charge >= 0.3 is 0 Å². The van der Waals surface area contributed by atoms with Crippen molar-refractivity contribution in [2.75, 3.05) is 26.8 Å². The minimum absolute atomic E-state index is 0.0112. The van der Waals surface area contributed by atoms with Crippen molar-refractivity contribution < 1.29 is 14.3 Å². The Morgan fingerprint density at radius 3 is 2.76 bits per heavy atom. The van der Waals surface area contributed by atoms with Crippen LogP contribution in [-0.4, -0.2) is 47.6 Å². The van der Waals surface area contributed by atoms with Gasteiger partial charge in [0.2, 0.25) is 11.8 Å². The van der Waals surface area contributed by atoms with Gasteiger partial charge in [-0.05, 0) is 31.9 Å². The molecule has 0 radical (unpaired) electrons. The van der Waals surface area contributed by atoms with Gasteiger partial charge in [0.15, 0.2) is 0 Å². The van der Waals surface area contributed by atoms with E-state index in [-0.39, 0.29) is 18.4 Å². The number of nitrogens with zero attached hydrogens (tertiary/aromatic N) is 3. The van der Waals surface area contributed by atoms with Crippen molar-refractivity contribution >= 4 is 5.91 Å². The van der Waals surface area contributed by atoms with Crippen molar-refractivity contribution in [1.29, 1.82) is 0 Å². The number of likely N-dealkylation sites (tertiary alicyclic amines) is 1. The number of carbonyl (C=O) groups is 1. The molecular formula is C19H23N3O3. The van der Waals surface area contributed by atoms with Crippen LogP contribution in [0, 0.1) is 6.92 Å². The van der Waals surface area contributed by atoms with Crippen molar-refractivity contribution in [2.24, 2.45) is 0 Å². The van der Waals surface area contributed by atoms with E-state index in [4.69, 9.17) is 9.47 Å². The molecule has 2 aromatic rings. The Morgan fingerprint density at radius 2 is 2.00 bits per heavy atom. The van der Waals surface area contributed by atoms with Crippen LogP contribution in [0.2, 0.25) is 0 Å². The van der Waals surface area contributed by atoms with Gasteiger partial charge in [0.1, 0.15) is 18.1 Å². The van der Waals surface area contributed by atoms with E-state index >= 15 is 0 Å². The highest BCUT2D eigenvalue weighted by molar-refractivity contribution is 5.77. The highest BCUT2D eigenvalue weighted by Crippen LogP contribution is 2.32. The van der Waals surface area contributed by atoms with Crippen LogP contribution in [0.5, 0.6) is 11.6 Å². The monoisotopic (exact) mass is 341 g/mol. The Hall–Kier alpha value is -2.47. The fourth-order valence-electron chi connectivity index (χ4n) is 3.05. The third kappa shape index (κ3) is 4.33. The average Bonchev–Trinajstić information content (AvgIpc) is 2.64. The van der Waals surface area contributed by atoms with E-state index in [1.54, 1.807) is 12.4 Å². The average molecular weight is 341 g/mol. The summed E-state index contributed by atoms with van der Waals surface area (Å²) in [4.78, 5) is 22.8. The molecule has 0 bridgehead atoms. The molecule has 132 valence electrons. The maximum absolute atomic E-state index is 12.1. The zero-order valence-electron chi connectivity index (χ0n) is 14.6. The van der Waals surface area contributed by atoms with Gasteiger partial charge in [0, 0.05) is 38.5 Å². The molecule has 0 spiro atoms. The number of rotatable bonds is 5. The van der Waals surface area contributed by atoms with Crippen LogP contribution >= 0.6 is 0 Å². The first-order chi connectivity index (χ1) is 12.2. The number of carbonyl (C=O) groups excluding carboxylic acids is 1. The van der Waals surface area contributed by atoms with Gasteiger partial charge in [-0.2, -0.15) is 0 Å². The molecule has 3 rings (SSSR count). The van der Waals surface area contributed by atoms with Crippen LogP contribution in [0.1, 0.15) is 30.0 Å². The van der Waals surface area contributed by atoms with Crippen molar-refractivity contribution in [1.82, 2.24) is 14.9 Å². The Labute approximate surface area is 147 Å². The zero-order chi connectivity index (χ0) is 17.6. The van der Waals surface area contributed by atoms with Crippen LogP contribution in [0.3, 0.4) is 0 Å². The van der Waals surface area contributed by atoms with E-state index in [0.717, 1.165) is 30.8 Å². The summed E-state index contributed by atoms with van der Waals surface area (Å²) in [7, 11) is 1.54. The standard InChI is InChI=1S/C19H23N3O3/c1-14-5-7-16(8-6-14)25-19-18(20-9-10-21-19)15-4-3-11-22(12-15)17(23)13-24-2/h5-10,15H,3-4,11-13H2,1-2H3/t15-/m0/s1. The second-order valence-electron chi connectivity index (χ2n) is 6.27. The molecule has 1 aromatic carbocycles. The molecule has 1 aliphatic heterocycles. The van der Waals surface area contributed by atoms with Crippen molar-refractivity contribution in [3.63, 3.8) is 0 Å². The Kier molecular flexibility index (Phi) is 5.60. The Balaban J connectivity index is 1.77. The fraction of sp³-hybridized carbons (Fsp3) is 0.421. The van der Waals surface area contributed by atoms with E-state index < -0.39 is 0 Å². The molecular weight excluding hydrogens is 318 g/mol. The number of aromatic nitrogens is 2. The van der Waals surface area contributed by atoms with E-state index in [1.165, 1.54) is 12.7 Å². The number of hydrogen-bond donors (Lipinski definition) is 0. The second-order valence-corrected chi connectivity index (χ2v) is 6.27. The van der Waals surface area contributed by atoms with Gasteiger partial charge < -0.3 is 14.4 Å². The summed E-state index contributed by atoms with van der Waals surface area (Å²) in [5.74, 6) is 1.37. The first-order valence-corrected chi connectivity index (χ1v) is 8.49. The molecule has 2 heterocycles. The third-order valence-electron chi connectivity index (χ3n) is 4.36. The predicted molar refractivity (Wildman–Crippen MR) is 93.7 cm³/mol. The second kappa shape index (κ2) is 8.07. The van der Waals surface area contributed by atoms with E-state index in [2.05, 4.69) is 9.97 Å². The molecule has 1 atom stereocenters. The van der Waals surface area contributed by atoms with Crippen molar-refractivity contribution in [3.05, 3.63) is 47.9 Å². The van der Waals surface area contributed by atoms with Gasteiger partial charge in [0.05, 0.1) is 0 Å². The van der Waals surface area contributed by atoms with Crippen molar-refractivity contribution in [2.45, 2.75) is 25.7 Å². The van der Waals surface area contributed by atoms with Crippen LogP contribution in [-0.2, 0) is 9.53 Å². The summed E-state index contributed by atoms with van der Waals surface area (Å²) in [5.41, 5.74) is 1.98. The number of hydrogen-bond acceptors (Lipinski definition) is 5. The minimum atomic E-state index is 0.0112. The molecule has 1 aromatic heterocycles. The van der Waals surface area contributed by atoms with E-state index in [9.17, 15) is 4.79 Å². The summed E-state index contributed by atoms with van der Waals surface area (Å²) in [5, 5.41) is 0. The van der Waals surface area contributed by atoms with Gasteiger partial charge in [0.25, 0.3) is 0 Å². The largest absolute Gasteiger partial charge is 0.437 e. The summed E-state index contributed by atoms with van der Waals surface area (Å²) in [6.07, 6.45) is 5.19. The number of amides is 1. The lowest BCUT2D eigenvalue weighted by Gasteiger charge is -2.32. The molecule has 1 fully saturated rings. The van der Waals surface area contributed by atoms with Gasteiger partial charge in [-0.1, -0.05) is 17.7 Å². The lowest BCUT2D eigenvalue weighted by atomic mass is 9.94. The molecule has 25 heavy (non-hydrogen) atoms. The first kappa shape index (κ1) is 17.4. The molecule has 0 N–H and O–H groups in total. The van der Waals surface area contributed by atoms with Crippen LogP contribution in [0.4, 0.5) is 0 Å². The number of aryl methyl sites for hydroxylation is 1. The van der Waals surface area contributed by atoms with Crippen LogP contribution in [0.25, 0.3) is 0 Å². The lowest BCUT2D eigenvalue weighted by Crippen LogP contribution is -2.41. The smallest absolute Gasteiger partial charge is 0.248 e. The molecule has 0 unspecified atom stereocenters. The van der Waals surface area contributed by atoms with Gasteiger partial charge in [-0.15, -0.1) is 0 Å². The van der Waals surface area contributed by atoms with Crippen molar-refractivity contribution in [3.8, 4) is 11.6 Å². The molecule has 0 saturated carbocycles. The quantitative estimate of drug-likeness (QED) is 0.837. The summed E-state index contributed by atoms with van der Waals surface area (Å²) in [6, 6.07) is 7.83. The zero-order valence-corrected chi connectivity index (χ0v) is 14.6. The molecule has 6 nitrogen and oxygen atoms in total. The first-order valence-electron chi connectivity index (χ1n) is 8.49. The van der Waals surface area contributed by atoms with Crippen LogP contribution in [0.15, 0.2) is 36.7 Å². The topological polar surface area (TPSA) is 64.5 Å². The molecule has 1 aliphatic rings. The SMILES string of the molecule is COCC(=O)N1CCC[C@H](c2nccnc2Oc2ccc(C)cc2)C1.